The van der Waals surface area contributed by atoms with Crippen molar-refractivity contribution >= 4 is 0 Å². The molecule has 0 aromatic carbocycles. The van der Waals surface area contributed by atoms with Gasteiger partial charge in [0.25, 0.3) is 0 Å². The van der Waals surface area contributed by atoms with Gasteiger partial charge in [0, 0.05) is 0 Å². The highest BCUT2D eigenvalue weighted by Crippen LogP contribution is 1.84. The Labute approximate surface area is 41.5 Å². The summed E-state index contributed by atoms with van der Waals surface area (Å²) < 4.78 is 0. The third kappa shape index (κ3) is 2.52. The van der Waals surface area contributed by atoms with Gasteiger partial charge < -0.3 is 10.3 Å². The lowest BCUT2D eigenvalue weighted by Gasteiger charge is -2.05. The van der Waals surface area contributed by atoms with Gasteiger partial charge >= 0.3 is 0 Å². The molecule has 1 atom stereocenters. The van der Waals surface area contributed by atoms with Gasteiger partial charge in [0.1, 0.15) is 6.04 Å². The maximum atomic E-state index is 8.18. The Morgan fingerprint density at radius 3 is 2.29 bits per heavy atom. The van der Waals surface area contributed by atoms with E-state index in [0.29, 0.717) is 0 Å². The van der Waals surface area contributed by atoms with E-state index in [1.807, 2.05) is 0 Å². The molecule has 4 nitrogen and oxygen atoms in total. The summed E-state index contributed by atoms with van der Waals surface area (Å²) in [5.74, 6) is 0. The first-order chi connectivity index (χ1) is 3.18. The van der Waals surface area contributed by atoms with Crippen LogP contribution in [0.5, 0.6) is 0 Å². The predicted molar refractivity (Wildman–Crippen MR) is 23.8 cm³/mol. The number of hydrogen-bond acceptors (Lipinski definition) is 3. The lowest BCUT2D eigenvalue weighted by molar-refractivity contribution is -0.332. The summed E-state index contributed by atoms with van der Waals surface area (Å²) in [4.78, 5) is 0. The molecule has 0 saturated carbocycles. The van der Waals surface area contributed by atoms with Crippen LogP contribution in [0.4, 0.5) is 0 Å². The largest absolute Gasteiger partial charge is 0.394 e. The van der Waals surface area contributed by atoms with Crippen LogP contribution in [0.2, 0.25) is 0 Å². The summed E-state index contributed by atoms with van der Waals surface area (Å²) in [6, 6.07) is -0.486. The van der Waals surface area contributed by atoms with Crippen LogP contribution in [0.15, 0.2) is 0 Å². The molecule has 0 rings (SSSR count). The topological polar surface area (TPSA) is 66.6 Å². The molecule has 0 heterocycles. The van der Waals surface area contributed by atoms with Crippen molar-refractivity contribution in [3.05, 3.63) is 0 Å². The second-order valence-corrected chi connectivity index (χ2v) is 1.38. The zero-order valence-corrected chi connectivity index (χ0v) is 4.13. The Balaban J connectivity index is 3.14. The van der Waals surface area contributed by atoms with E-state index < -0.39 is 6.04 Å². The monoisotopic (exact) mass is 108 g/mol. The Kier molecular flexibility index (Phi) is 2.86. The van der Waals surface area contributed by atoms with Crippen LogP contribution in [0.25, 0.3) is 0 Å². The van der Waals surface area contributed by atoms with E-state index >= 15 is 0 Å². The summed E-state index contributed by atoms with van der Waals surface area (Å²) in [5.41, 5.74) is 0. The van der Waals surface area contributed by atoms with Crippen LogP contribution >= 0.6 is 0 Å². The molecular formula is C3H10NO3+. The summed E-state index contributed by atoms with van der Waals surface area (Å²) in [6.07, 6.45) is 0. The second kappa shape index (κ2) is 2.92. The molecule has 0 spiro atoms. The lowest BCUT2D eigenvalue weighted by atomic mass is 10.4. The van der Waals surface area contributed by atoms with Gasteiger partial charge in [-0.2, -0.15) is 0 Å². The lowest BCUT2D eigenvalue weighted by Crippen LogP contribution is -2.28. The highest BCUT2D eigenvalue weighted by molar-refractivity contribution is 4.44. The second-order valence-electron chi connectivity index (χ2n) is 1.38. The molecule has 0 aromatic rings. The first-order valence-corrected chi connectivity index (χ1v) is 1.98. The minimum atomic E-state index is -0.486. The fourth-order valence-electron chi connectivity index (χ4n) is 0.0773. The summed E-state index contributed by atoms with van der Waals surface area (Å²) >= 11 is 0. The number of aliphatic hydroxyl groups excluding tert-OH is 1. The van der Waals surface area contributed by atoms with Gasteiger partial charge in [0.05, 0.1) is 11.8 Å². The third-order valence-corrected chi connectivity index (χ3v) is 0.682. The molecule has 0 saturated heterocycles. The average Bonchev–Trinajstić information content (AvgIpc) is 1.65. The minimum Gasteiger partial charge on any atom is -0.394 e. The van der Waals surface area contributed by atoms with Crippen LogP contribution in [0.3, 0.4) is 0 Å². The normalized spacial score (nSPS) is 15.0. The molecule has 0 aromatic heterocycles. The highest BCUT2D eigenvalue weighted by atomic mass is 16.8. The molecule has 0 amide bonds. The van der Waals surface area contributed by atoms with Gasteiger partial charge in [0.2, 0.25) is 0 Å². The molecule has 7 heavy (non-hydrogen) atoms. The van der Waals surface area contributed by atoms with Crippen LogP contribution in [-0.4, -0.2) is 33.4 Å². The van der Waals surface area contributed by atoms with Crippen molar-refractivity contribution in [2.24, 2.45) is 0 Å². The molecule has 1 unspecified atom stereocenters. The molecule has 0 aliphatic carbocycles. The number of hydroxylamine groups is 2. The fourth-order valence-corrected chi connectivity index (χ4v) is 0.0773. The Morgan fingerprint density at radius 2 is 2.29 bits per heavy atom. The molecule has 0 aliphatic heterocycles. The number of aliphatic hydroxyl groups is 1. The van der Waals surface area contributed by atoms with E-state index in [2.05, 4.69) is 0 Å². The van der Waals surface area contributed by atoms with Crippen molar-refractivity contribution in [3.63, 3.8) is 0 Å². The van der Waals surface area contributed by atoms with E-state index in [9.17, 15) is 0 Å². The number of hydrogen-bond donors (Lipinski definition) is 2. The van der Waals surface area contributed by atoms with E-state index in [4.69, 9.17) is 15.5 Å². The van der Waals surface area contributed by atoms with Crippen molar-refractivity contribution in [3.8, 4) is 0 Å². The molecule has 0 radical (unpaired) electrons. The molecular weight excluding hydrogens is 98.0 g/mol. The Hall–Kier alpha value is -0.160. The average molecular weight is 108 g/mol. The molecule has 0 fully saturated rings. The molecule has 4 heteroatoms. The number of nitrogens with zero attached hydrogens (tertiary/aromatic N) is 1. The van der Waals surface area contributed by atoms with Gasteiger partial charge in [-0.1, -0.05) is 0 Å². The molecule has 44 valence electrons. The van der Waals surface area contributed by atoms with Crippen LogP contribution < -0.4 is 0 Å². The van der Waals surface area contributed by atoms with Gasteiger partial charge in [0.15, 0.2) is 0 Å². The molecule has 0 aliphatic rings. The predicted octanol–water partition coefficient (Wildman–Crippen LogP) is -1.30. The number of rotatable bonds is 2. The van der Waals surface area contributed by atoms with Crippen molar-refractivity contribution < 1.29 is 15.5 Å². The molecule has 4 N–H and O–H groups in total. The minimum absolute atomic E-state index is 0.194. The van der Waals surface area contributed by atoms with Crippen molar-refractivity contribution in [2.75, 3.05) is 6.61 Å². The SMILES string of the molecule is CC(CO)N(O)[OH2+]. The van der Waals surface area contributed by atoms with Gasteiger partial charge in [-0.3, -0.25) is 5.21 Å². The zero-order valence-electron chi connectivity index (χ0n) is 4.13. The first kappa shape index (κ1) is 6.84. The van der Waals surface area contributed by atoms with Gasteiger partial charge in [-0.25, -0.2) is 0 Å². The van der Waals surface area contributed by atoms with E-state index in [0.717, 1.165) is 0 Å². The van der Waals surface area contributed by atoms with Gasteiger partial charge in [-0.15, -0.1) is 0 Å². The summed E-state index contributed by atoms with van der Waals surface area (Å²) in [7, 11) is 0. The van der Waals surface area contributed by atoms with Crippen LogP contribution in [0, 0.1) is 0 Å². The molecule has 0 bridgehead atoms. The van der Waals surface area contributed by atoms with Crippen molar-refractivity contribution in [1.82, 2.24) is 5.23 Å². The van der Waals surface area contributed by atoms with Gasteiger partial charge in [-0.05, 0) is 6.92 Å². The maximum Gasteiger partial charge on any atom is 0.128 e. The summed E-state index contributed by atoms with van der Waals surface area (Å²) in [5, 5.41) is 23.0. The smallest absolute Gasteiger partial charge is 0.128 e. The first-order valence-electron chi connectivity index (χ1n) is 1.98. The van der Waals surface area contributed by atoms with Crippen LogP contribution in [0.1, 0.15) is 6.92 Å². The van der Waals surface area contributed by atoms with E-state index in [-0.39, 0.29) is 11.8 Å². The Morgan fingerprint density at radius 1 is 1.86 bits per heavy atom. The summed E-state index contributed by atoms with van der Waals surface area (Å²) in [6.45, 7) is 1.34. The Bertz CT molecular complexity index is 47.4. The van der Waals surface area contributed by atoms with Crippen molar-refractivity contribution in [2.45, 2.75) is 13.0 Å². The third-order valence-electron chi connectivity index (χ3n) is 0.682. The fraction of sp³-hybridized carbons (Fsp3) is 1.00. The highest BCUT2D eigenvalue weighted by Gasteiger charge is 2.08. The van der Waals surface area contributed by atoms with E-state index in [1.165, 1.54) is 6.92 Å². The zero-order chi connectivity index (χ0) is 5.86. The van der Waals surface area contributed by atoms with Crippen LogP contribution in [-0.2, 0) is 0 Å². The van der Waals surface area contributed by atoms with E-state index in [1.54, 1.807) is 0 Å². The van der Waals surface area contributed by atoms with Crippen molar-refractivity contribution in [1.29, 1.82) is 0 Å². The quantitative estimate of drug-likeness (QED) is 0.341. The standard InChI is InChI=1S/C3H9NO3/c1-3(2-5)4(6)7/h3,5-7H,2H2,1H3/p+1. The maximum absolute atomic E-state index is 8.18.